The molecule has 1 fully saturated rings. The lowest BCUT2D eigenvalue weighted by Crippen LogP contribution is -2.34. The standard InChI is InChI=1S/C16H23N3O2/c1-19(2)16(21)14-7-5-13(6-8-14)10-18-15(20)11-17-9-12-3-4-12/h5-8,12,17H,3-4,9-11H2,1-2H3,(H,18,20). The third-order valence-electron chi connectivity index (χ3n) is 3.51. The summed E-state index contributed by atoms with van der Waals surface area (Å²) in [6.07, 6.45) is 2.57. The number of hydrogen-bond donors (Lipinski definition) is 2. The van der Waals surface area contributed by atoms with E-state index in [1.165, 1.54) is 12.8 Å². The predicted molar refractivity (Wildman–Crippen MR) is 81.9 cm³/mol. The Kier molecular flexibility index (Phi) is 5.33. The van der Waals surface area contributed by atoms with E-state index in [0.29, 0.717) is 18.7 Å². The van der Waals surface area contributed by atoms with Crippen LogP contribution in [0.3, 0.4) is 0 Å². The molecule has 0 aliphatic heterocycles. The fourth-order valence-electron chi connectivity index (χ4n) is 2.00. The number of carbonyl (C=O) groups is 2. The van der Waals surface area contributed by atoms with Crippen molar-refractivity contribution in [3.8, 4) is 0 Å². The summed E-state index contributed by atoms with van der Waals surface area (Å²) in [4.78, 5) is 24.9. The Hall–Kier alpha value is -1.88. The van der Waals surface area contributed by atoms with Crippen molar-refractivity contribution in [1.29, 1.82) is 0 Å². The van der Waals surface area contributed by atoms with Crippen LogP contribution in [0.5, 0.6) is 0 Å². The zero-order valence-corrected chi connectivity index (χ0v) is 12.7. The molecule has 1 aliphatic rings. The Morgan fingerprint density at radius 2 is 1.86 bits per heavy atom. The van der Waals surface area contributed by atoms with Crippen LogP contribution in [0, 0.1) is 5.92 Å². The maximum atomic E-state index is 11.7. The van der Waals surface area contributed by atoms with Crippen LogP contribution in [0.1, 0.15) is 28.8 Å². The van der Waals surface area contributed by atoms with E-state index in [4.69, 9.17) is 0 Å². The third kappa shape index (κ3) is 5.19. The lowest BCUT2D eigenvalue weighted by molar-refractivity contribution is -0.120. The third-order valence-corrected chi connectivity index (χ3v) is 3.51. The van der Waals surface area contributed by atoms with Gasteiger partial charge in [0.15, 0.2) is 0 Å². The number of carbonyl (C=O) groups excluding carboxylic acids is 2. The van der Waals surface area contributed by atoms with Gasteiger partial charge >= 0.3 is 0 Å². The summed E-state index contributed by atoms with van der Waals surface area (Å²) in [6.45, 7) is 1.79. The van der Waals surface area contributed by atoms with Gasteiger partial charge in [0.05, 0.1) is 6.54 Å². The highest BCUT2D eigenvalue weighted by Crippen LogP contribution is 2.27. The van der Waals surface area contributed by atoms with Crippen molar-refractivity contribution < 1.29 is 9.59 Å². The summed E-state index contributed by atoms with van der Waals surface area (Å²) in [5.41, 5.74) is 1.64. The molecule has 1 aromatic rings. The molecule has 1 saturated carbocycles. The molecule has 0 heterocycles. The second kappa shape index (κ2) is 7.22. The van der Waals surface area contributed by atoms with Gasteiger partial charge in [0.1, 0.15) is 0 Å². The molecule has 2 rings (SSSR count). The van der Waals surface area contributed by atoms with E-state index in [1.54, 1.807) is 31.1 Å². The number of benzene rings is 1. The van der Waals surface area contributed by atoms with Crippen LogP contribution in [0.15, 0.2) is 24.3 Å². The second-order valence-corrected chi connectivity index (χ2v) is 5.75. The molecule has 0 atom stereocenters. The van der Waals surface area contributed by atoms with Gasteiger partial charge in [-0.25, -0.2) is 0 Å². The van der Waals surface area contributed by atoms with Gasteiger partial charge in [0.2, 0.25) is 5.91 Å². The predicted octanol–water partition coefficient (Wildman–Crippen LogP) is 1.00. The minimum atomic E-state index is -0.0186. The van der Waals surface area contributed by atoms with Gasteiger partial charge in [-0.2, -0.15) is 0 Å². The van der Waals surface area contributed by atoms with Crippen LogP contribution in [0.2, 0.25) is 0 Å². The summed E-state index contributed by atoms with van der Waals surface area (Å²) >= 11 is 0. The Balaban J connectivity index is 1.72. The first kappa shape index (κ1) is 15.5. The smallest absolute Gasteiger partial charge is 0.253 e. The first-order valence-corrected chi connectivity index (χ1v) is 7.34. The molecule has 2 amide bonds. The summed E-state index contributed by atoms with van der Waals surface area (Å²) < 4.78 is 0. The first-order chi connectivity index (χ1) is 10.1. The molecule has 114 valence electrons. The summed E-state index contributed by atoms with van der Waals surface area (Å²) in [5.74, 6) is 0.763. The Morgan fingerprint density at radius 1 is 1.19 bits per heavy atom. The van der Waals surface area contributed by atoms with Crippen LogP contribution >= 0.6 is 0 Å². The average Bonchev–Trinajstić information content (AvgIpc) is 3.29. The van der Waals surface area contributed by atoms with Crippen LogP contribution in [0.4, 0.5) is 0 Å². The molecule has 0 aromatic heterocycles. The highest BCUT2D eigenvalue weighted by atomic mass is 16.2. The van der Waals surface area contributed by atoms with Crippen molar-refractivity contribution in [3.63, 3.8) is 0 Å². The molecular formula is C16H23N3O2. The Labute approximate surface area is 125 Å². The number of rotatable bonds is 7. The first-order valence-electron chi connectivity index (χ1n) is 7.34. The van der Waals surface area contributed by atoms with Crippen LogP contribution < -0.4 is 10.6 Å². The zero-order chi connectivity index (χ0) is 15.2. The normalized spacial score (nSPS) is 13.8. The number of hydrogen-bond acceptors (Lipinski definition) is 3. The molecule has 0 bridgehead atoms. The largest absolute Gasteiger partial charge is 0.351 e. The molecule has 0 saturated heterocycles. The number of nitrogens with one attached hydrogen (secondary N) is 2. The number of nitrogens with zero attached hydrogens (tertiary/aromatic N) is 1. The molecular weight excluding hydrogens is 266 g/mol. The monoisotopic (exact) mass is 289 g/mol. The van der Waals surface area contributed by atoms with Crippen molar-refractivity contribution in [1.82, 2.24) is 15.5 Å². The molecule has 2 N–H and O–H groups in total. The summed E-state index contributed by atoms with van der Waals surface area (Å²) in [6, 6.07) is 7.31. The minimum Gasteiger partial charge on any atom is -0.351 e. The van der Waals surface area contributed by atoms with E-state index >= 15 is 0 Å². The van der Waals surface area contributed by atoms with Crippen molar-refractivity contribution in [2.24, 2.45) is 5.92 Å². The average molecular weight is 289 g/mol. The molecule has 5 nitrogen and oxygen atoms in total. The molecule has 1 aromatic carbocycles. The summed E-state index contributed by atoms with van der Waals surface area (Å²) in [5, 5.41) is 6.03. The molecule has 5 heteroatoms. The maximum absolute atomic E-state index is 11.7. The SMILES string of the molecule is CN(C)C(=O)c1ccc(CNC(=O)CNCC2CC2)cc1. The van der Waals surface area contributed by atoms with E-state index in [0.717, 1.165) is 18.0 Å². The van der Waals surface area contributed by atoms with E-state index < -0.39 is 0 Å². The van der Waals surface area contributed by atoms with Gasteiger partial charge in [0.25, 0.3) is 5.91 Å². The van der Waals surface area contributed by atoms with E-state index in [9.17, 15) is 9.59 Å². The van der Waals surface area contributed by atoms with Gasteiger partial charge in [-0.15, -0.1) is 0 Å². The van der Waals surface area contributed by atoms with Gasteiger partial charge in [-0.3, -0.25) is 9.59 Å². The highest BCUT2D eigenvalue weighted by molar-refractivity contribution is 5.93. The van der Waals surface area contributed by atoms with Crippen molar-refractivity contribution in [3.05, 3.63) is 35.4 Å². The fourth-order valence-corrected chi connectivity index (χ4v) is 2.00. The van der Waals surface area contributed by atoms with Crippen molar-refractivity contribution in [2.45, 2.75) is 19.4 Å². The lowest BCUT2D eigenvalue weighted by atomic mass is 10.1. The van der Waals surface area contributed by atoms with E-state index in [-0.39, 0.29) is 11.8 Å². The Bertz CT molecular complexity index is 493. The minimum absolute atomic E-state index is 0.00379. The topological polar surface area (TPSA) is 61.4 Å². The second-order valence-electron chi connectivity index (χ2n) is 5.75. The van der Waals surface area contributed by atoms with Gasteiger partial charge in [-0.1, -0.05) is 12.1 Å². The highest BCUT2D eigenvalue weighted by Gasteiger charge is 2.20. The van der Waals surface area contributed by atoms with E-state index in [1.807, 2.05) is 12.1 Å². The maximum Gasteiger partial charge on any atom is 0.253 e. The lowest BCUT2D eigenvalue weighted by Gasteiger charge is -2.11. The summed E-state index contributed by atoms with van der Waals surface area (Å²) in [7, 11) is 3.45. The van der Waals surface area contributed by atoms with Gasteiger partial charge in [0, 0.05) is 26.2 Å². The zero-order valence-electron chi connectivity index (χ0n) is 12.7. The molecule has 21 heavy (non-hydrogen) atoms. The molecule has 1 aliphatic carbocycles. The molecule has 0 unspecified atom stereocenters. The molecule has 0 spiro atoms. The Morgan fingerprint density at radius 3 is 2.43 bits per heavy atom. The van der Waals surface area contributed by atoms with Crippen LogP contribution in [-0.2, 0) is 11.3 Å². The van der Waals surface area contributed by atoms with Crippen LogP contribution in [-0.4, -0.2) is 43.9 Å². The molecule has 0 radical (unpaired) electrons. The fraction of sp³-hybridized carbons (Fsp3) is 0.500. The van der Waals surface area contributed by atoms with Gasteiger partial charge < -0.3 is 15.5 Å². The van der Waals surface area contributed by atoms with Crippen molar-refractivity contribution >= 4 is 11.8 Å². The van der Waals surface area contributed by atoms with Crippen molar-refractivity contribution in [2.75, 3.05) is 27.2 Å². The quantitative estimate of drug-likeness (QED) is 0.787. The number of amides is 2. The van der Waals surface area contributed by atoms with Crippen LogP contribution in [0.25, 0.3) is 0 Å². The van der Waals surface area contributed by atoms with Gasteiger partial charge in [-0.05, 0) is 43.0 Å². The van der Waals surface area contributed by atoms with E-state index in [2.05, 4.69) is 10.6 Å².